The molecule has 0 saturated carbocycles. The number of likely N-dealkylation sites (tertiary alicyclic amines) is 1. The number of anilines is 2. The normalized spacial score (nSPS) is 22.2. The Kier molecular flexibility index (Phi) is 10.6. The van der Waals surface area contributed by atoms with Gasteiger partial charge in [0.15, 0.2) is 5.03 Å². The van der Waals surface area contributed by atoms with Gasteiger partial charge in [-0.15, -0.1) is 0 Å². The van der Waals surface area contributed by atoms with E-state index in [0.29, 0.717) is 36.6 Å². The summed E-state index contributed by atoms with van der Waals surface area (Å²) >= 11 is 0. The van der Waals surface area contributed by atoms with Crippen molar-refractivity contribution < 1.29 is 22.7 Å². The smallest absolute Gasteiger partial charge is 0.410 e. The second-order valence-electron chi connectivity index (χ2n) is 16.1. The third-order valence-corrected chi connectivity index (χ3v) is 11.8. The average molecular weight is 717 g/mol. The third kappa shape index (κ3) is 8.83. The largest absolute Gasteiger partial charge is 0.445 e. The van der Waals surface area contributed by atoms with E-state index < -0.39 is 15.9 Å². The first-order chi connectivity index (χ1) is 24.2. The molecule has 0 radical (unpaired) electrons. The fourth-order valence-corrected chi connectivity index (χ4v) is 8.60. The van der Waals surface area contributed by atoms with Crippen molar-refractivity contribution in [1.82, 2.24) is 19.6 Å². The Morgan fingerprint density at radius 2 is 1.69 bits per heavy atom. The van der Waals surface area contributed by atoms with Crippen molar-refractivity contribution in [2.24, 2.45) is 11.8 Å². The number of amides is 2. The first-order valence-electron chi connectivity index (χ1n) is 18.2. The molecule has 5 heterocycles. The average Bonchev–Trinajstić information content (AvgIpc) is 3.41. The molecule has 3 aliphatic rings. The van der Waals surface area contributed by atoms with Crippen LogP contribution in [0.4, 0.5) is 16.4 Å². The molecule has 1 unspecified atom stereocenters. The molecule has 274 valence electrons. The van der Waals surface area contributed by atoms with Gasteiger partial charge >= 0.3 is 6.09 Å². The number of piperidine rings is 1. The van der Waals surface area contributed by atoms with E-state index in [0.717, 1.165) is 62.7 Å². The molecule has 1 aromatic carbocycles. The van der Waals surface area contributed by atoms with Gasteiger partial charge in [0.2, 0.25) is 0 Å². The minimum Gasteiger partial charge on any atom is -0.445 e. The van der Waals surface area contributed by atoms with E-state index in [4.69, 9.17) is 9.72 Å². The third-order valence-electron chi connectivity index (χ3n) is 10.6. The van der Waals surface area contributed by atoms with Gasteiger partial charge in [-0.2, -0.15) is 8.42 Å². The number of carbonyl (C=O) groups excluding carboxylic acids is 2. The molecular formula is C39H52N6O5S. The molecule has 2 fully saturated rings. The Labute approximate surface area is 302 Å². The number of pyridine rings is 2. The van der Waals surface area contributed by atoms with Gasteiger partial charge in [-0.3, -0.25) is 4.79 Å². The van der Waals surface area contributed by atoms with Gasteiger partial charge in [-0.05, 0) is 100 Å². The van der Waals surface area contributed by atoms with Crippen LogP contribution in [0.2, 0.25) is 0 Å². The Hall–Kier alpha value is -4.19. The molecule has 2 atom stereocenters. The molecule has 2 amide bonds. The number of hydrogen-bond donors (Lipinski definition) is 2. The van der Waals surface area contributed by atoms with Crippen molar-refractivity contribution in [3.05, 3.63) is 77.5 Å². The number of aromatic nitrogens is 2. The van der Waals surface area contributed by atoms with Crippen molar-refractivity contribution in [1.29, 1.82) is 0 Å². The highest BCUT2D eigenvalue weighted by molar-refractivity contribution is 7.90. The number of benzene rings is 1. The summed E-state index contributed by atoms with van der Waals surface area (Å²) in [7, 11) is -4.27. The van der Waals surface area contributed by atoms with E-state index >= 15 is 0 Å². The van der Waals surface area contributed by atoms with E-state index in [-0.39, 0.29) is 40.3 Å². The Balaban J connectivity index is 1.18. The zero-order chi connectivity index (χ0) is 36.4. The van der Waals surface area contributed by atoms with Gasteiger partial charge in [0.1, 0.15) is 18.2 Å². The van der Waals surface area contributed by atoms with Gasteiger partial charge < -0.3 is 19.9 Å². The number of hydrogen-bond acceptors (Lipinski definition) is 9. The highest BCUT2D eigenvalue weighted by Crippen LogP contribution is 2.41. The summed E-state index contributed by atoms with van der Waals surface area (Å²) in [5.41, 5.74) is 1.49. The Bertz CT molecular complexity index is 1820. The summed E-state index contributed by atoms with van der Waals surface area (Å²) in [6.07, 6.45) is 6.19. The van der Waals surface area contributed by atoms with Crippen LogP contribution in [0.1, 0.15) is 101 Å². The molecule has 3 aromatic rings. The Morgan fingerprint density at radius 1 is 0.941 bits per heavy atom. The molecular weight excluding hydrogens is 665 g/mol. The zero-order valence-corrected chi connectivity index (χ0v) is 31.3. The van der Waals surface area contributed by atoms with Gasteiger partial charge in [-0.1, -0.05) is 57.2 Å². The second-order valence-corrected chi connectivity index (χ2v) is 17.7. The summed E-state index contributed by atoms with van der Waals surface area (Å²) in [6, 6.07) is 18.1. The standard InChI is InChI=1S/C39H52N6O5S/c1-38(2,3)32-19-18-31-35(41-32)45-25-29(24-39(45,4)5)15-17-30(40-33-12-9-13-34(42-33)51(48,49)43-36(31)46)16-14-27-20-22-44(23-21-27)37(47)50-26-28-10-7-6-8-11-28/h6-13,18-19,27,29-30H,14-17,20-26H2,1-5H3,(H,40,42)(H,43,46)/t29-,30?/m0/s1. The molecule has 12 heteroatoms. The van der Waals surface area contributed by atoms with Crippen LogP contribution in [0, 0.1) is 11.8 Å². The molecule has 2 aromatic heterocycles. The van der Waals surface area contributed by atoms with Crippen LogP contribution < -0.4 is 14.9 Å². The zero-order valence-electron chi connectivity index (χ0n) is 30.5. The van der Waals surface area contributed by atoms with Crippen LogP contribution in [-0.4, -0.2) is 66.5 Å². The van der Waals surface area contributed by atoms with E-state index in [1.54, 1.807) is 18.2 Å². The van der Waals surface area contributed by atoms with Crippen LogP contribution in [0.15, 0.2) is 65.7 Å². The number of fused-ring (bicyclic) bond motifs is 6. The Morgan fingerprint density at radius 3 is 2.41 bits per heavy atom. The predicted octanol–water partition coefficient (Wildman–Crippen LogP) is 6.90. The van der Waals surface area contributed by atoms with Crippen LogP contribution in [0.5, 0.6) is 0 Å². The SMILES string of the molecule is CC(C)(C)c1ccc2c(n1)N1C[C@@H](CCC(CCC3CCN(C(=O)OCc4ccccc4)CC3)Nc3cccc(n3)S(=O)(=O)NC2=O)CC1(C)C. The quantitative estimate of drug-likeness (QED) is 0.289. The summed E-state index contributed by atoms with van der Waals surface area (Å²) < 4.78 is 34.9. The van der Waals surface area contributed by atoms with Crippen LogP contribution in [0.3, 0.4) is 0 Å². The van der Waals surface area contributed by atoms with Crippen molar-refractivity contribution in [3.8, 4) is 0 Å². The summed E-state index contributed by atoms with van der Waals surface area (Å²) in [5, 5.41) is 3.34. The number of ether oxygens (including phenoxy) is 1. The lowest BCUT2D eigenvalue weighted by Crippen LogP contribution is -2.41. The maximum Gasteiger partial charge on any atom is 0.410 e. The lowest BCUT2D eigenvalue weighted by Gasteiger charge is -2.34. The van der Waals surface area contributed by atoms with Crippen molar-refractivity contribution in [2.45, 2.75) is 108 Å². The molecule has 2 saturated heterocycles. The monoisotopic (exact) mass is 716 g/mol. The van der Waals surface area contributed by atoms with E-state index in [2.05, 4.69) is 54.5 Å². The number of carbonyl (C=O) groups is 2. The molecule has 4 bridgehead atoms. The summed E-state index contributed by atoms with van der Waals surface area (Å²) in [6.45, 7) is 12.9. The first-order valence-corrected chi connectivity index (χ1v) is 19.7. The van der Waals surface area contributed by atoms with Gasteiger partial charge in [0.05, 0.1) is 5.56 Å². The van der Waals surface area contributed by atoms with Crippen LogP contribution in [0.25, 0.3) is 0 Å². The lowest BCUT2D eigenvalue weighted by molar-refractivity contribution is 0.0811. The highest BCUT2D eigenvalue weighted by atomic mass is 32.2. The summed E-state index contributed by atoms with van der Waals surface area (Å²) in [5.74, 6) is 1.09. The second kappa shape index (κ2) is 14.8. The molecule has 2 N–H and O–H groups in total. The first kappa shape index (κ1) is 36.6. The maximum absolute atomic E-state index is 13.7. The molecule has 11 nitrogen and oxygen atoms in total. The van der Waals surface area contributed by atoms with Crippen molar-refractivity contribution in [3.63, 3.8) is 0 Å². The van der Waals surface area contributed by atoms with Gasteiger partial charge in [0, 0.05) is 42.3 Å². The molecule has 0 spiro atoms. The number of sulfonamides is 1. The fraction of sp³-hybridized carbons (Fsp3) is 0.538. The van der Waals surface area contributed by atoms with Crippen molar-refractivity contribution >= 4 is 33.7 Å². The number of nitrogens with one attached hydrogen (secondary N) is 2. The van der Waals surface area contributed by atoms with Crippen LogP contribution >= 0.6 is 0 Å². The van der Waals surface area contributed by atoms with Gasteiger partial charge in [-0.25, -0.2) is 19.5 Å². The van der Waals surface area contributed by atoms with Crippen molar-refractivity contribution in [2.75, 3.05) is 29.9 Å². The minimum absolute atomic E-state index is 0.0686. The topological polar surface area (TPSA) is 134 Å². The highest BCUT2D eigenvalue weighted by Gasteiger charge is 2.41. The molecule has 3 aliphatic heterocycles. The molecule has 51 heavy (non-hydrogen) atoms. The predicted molar refractivity (Wildman–Crippen MR) is 198 cm³/mol. The van der Waals surface area contributed by atoms with E-state index in [9.17, 15) is 18.0 Å². The molecule has 0 aliphatic carbocycles. The number of rotatable bonds is 5. The lowest BCUT2D eigenvalue weighted by atomic mass is 9.88. The number of nitrogens with zero attached hydrogens (tertiary/aromatic N) is 4. The van der Waals surface area contributed by atoms with Crippen LogP contribution in [-0.2, 0) is 26.8 Å². The van der Waals surface area contributed by atoms with E-state index in [1.165, 1.54) is 6.07 Å². The fourth-order valence-electron chi connectivity index (χ4n) is 7.66. The maximum atomic E-state index is 13.7. The molecule has 6 rings (SSSR count). The van der Waals surface area contributed by atoms with Gasteiger partial charge in [0.25, 0.3) is 15.9 Å². The van der Waals surface area contributed by atoms with E-state index in [1.807, 2.05) is 41.3 Å². The minimum atomic E-state index is -4.27. The summed E-state index contributed by atoms with van der Waals surface area (Å²) in [4.78, 5) is 39.9.